The Morgan fingerprint density at radius 2 is 2.29 bits per heavy atom. The van der Waals surface area contributed by atoms with Crippen molar-refractivity contribution in [1.29, 1.82) is 0 Å². The topological polar surface area (TPSA) is 55.6 Å². The minimum atomic E-state index is 0.0824. The number of carbonyl (C=O) groups is 1. The maximum atomic E-state index is 12.5. The molecule has 2 heterocycles. The lowest BCUT2D eigenvalue weighted by Gasteiger charge is -2.27. The Labute approximate surface area is 103 Å². The first-order valence-electron chi connectivity index (χ1n) is 6.79. The van der Waals surface area contributed by atoms with Crippen LogP contribution in [0.3, 0.4) is 0 Å². The molecule has 0 aliphatic carbocycles. The first-order chi connectivity index (χ1) is 8.17. The van der Waals surface area contributed by atoms with Crippen LogP contribution in [0, 0.1) is 11.8 Å². The monoisotopic (exact) mass is 240 g/mol. The van der Waals surface area contributed by atoms with Crippen LogP contribution >= 0.6 is 0 Å². The summed E-state index contributed by atoms with van der Waals surface area (Å²) in [5.74, 6) is 0.855. The second kappa shape index (κ2) is 5.36. The lowest BCUT2D eigenvalue weighted by molar-refractivity contribution is -0.138. The lowest BCUT2D eigenvalue weighted by atomic mass is 9.97. The molecule has 2 saturated heterocycles. The number of nitrogens with zero attached hydrogens (tertiary/aromatic N) is 1. The molecule has 2 aliphatic rings. The van der Waals surface area contributed by atoms with Gasteiger partial charge in [-0.25, -0.2) is 0 Å². The van der Waals surface area contributed by atoms with Crippen molar-refractivity contribution in [2.45, 2.75) is 45.3 Å². The molecule has 4 nitrogen and oxygen atoms in total. The number of hydrogen-bond acceptors (Lipinski definition) is 3. The van der Waals surface area contributed by atoms with Crippen molar-refractivity contribution in [2.24, 2.45) is 17.6 Å². The van der Waals surface area contributed by atoms with Crippen molar-refractivity contribution >= 4 is 5.91 Å². The zero-order valence-corrected chi connectivity index (χ0v) is 10.9. The molecule has 4 unspecified atom stereocenters. The average Bonchev–Trinajstić information content (AvgIpc) is 2.93. The van der Waals surface area contributed by atoms with Crippen LogP contribution in [0.25, 0.3) is 0 Å². The third-order valence-corrected chi connectivity index (χ3v) is 4.21. The van der Waals surface area contributed by atoms with Crippen molar-refractivity contribution in [3.63, 3.8) is 0 Å². The van der Waals surface area contributed by atoms with Crippen LogP contribution in [-0.2, 0) is 9.53 Å². The summed E-state index contributed by atoms with van der Waals surface area (Å²) in [4.78, 5) is 14.5. The van der Waals surface area contributed by atoms with Gasteiger partial charge in [0.1, 0.15) is 0 Å². The van der Waals surface area contributed by atoms with Gasteiger partial charge in [0.05, 0.1) is 12.0 Å². The van der Waals surface area contributed by atoms with Gasteiger partial charge in [-0.1, -0.05) is 6.92 Å². The smallest absolute Gasteiger partial charge is 0.228 e. The fourth-order valence-electron chi connectivity index (χ4n) is 3.17. The average molecular weight is 240 g/mol. The number of likely N-dealkylation sites (tertiary alicyclic amines) is 1. The molecule has 0 spiro atoms. The van der Waals surface area contributed by atoms with E-state index in [2.05, 4.69) is 13.8 Å². The Morgan fingerprint density at radius 1 is 1.53 bits per heavy atom. The van der Waals surface area contributed by atoms with Crippen LogP contribution in [0.2, 0.25) is 0 Å². The van der Waals surface area contributed by atoms with Crippen molar-refractivity contribution < 1.29 is 9.53 Å². The van der Waals surface area contributed by atoms with Crippen LogP contribution in [0.15, 0.2) is 0 Å². The number of hydrogen-bond donors (Lipinski definition) is 1. The number of ether oxygens (including phenoxy) is 1. The van der Waals surface area contributed by atoms with Crippen LogP contribution < -0.4 is 5.73 Å². The van der Waals surface area contributed by atoms with Gasteiger partial charge in [0.2, 0.25) is 5.91 Å². The minimum absolute atomic E-state index is 0.0824. The van der Waals surface area contributed by atoms with E-state index < -0.39 is 0 Å². The summed E-state index contributed by atoms with van der Waals surface area (Å²) in [5.41, 5.74) is 5.70. The molecule has 1 amide bonds. The Balaban J connectivity index is 2.00. The Hall–Kier alpha value is -0.610. The molecule has 2 aliphatic heterocycles. The van der Waals surface area contributed by atoms with Gasteiger partial charge < -0.3 is 15.4 Å². The fraction of sp³-hybridized carbons (Fsp3) is 0.923. The maximum Gasteiger partial charge on any atom is 0.228 e. The second-order valence-electron chi connectivity index (χ2n) is 5.39. The van der Waals surface area contributed by atoms with Crippen molar-refractivity contribution in [3.05, 3.63) is 0 Å². The lowest BCUT2D eigenvalue weighted by Crippen LogP contribution is -2.41. The molecule has 0 aromatic rings. The predicted octanol–water partition coefficient (Wildman–Crippen LogP) is 0.997. The van der Waals surface area contributed by atoms with E-state index in [9.17, 15) is 4.79 Å². The van der Waals surface area contributed by atoms with Gasteiger partial charge in [0.15, 0.2) is 0 Å². The molecule has 4 heteroatoms. The first kappa shape index (κ1) is 12.8. The summed E-state index contributed by atoms with van der Waals surface area (Å²) in [5, 5.41) is 0. The molecule has 4 atom stereocenters. The fourth-order valence-corrected chi connectivity index (χ4v) is 3.17. The Bertz CT molecular complexity index is 283. The van der Waals surface area contributed by atoms with Gasteiger partial charge in [0.25, 0.3) is 0 Å². The van der Waals surface area contributed by atoms with Crippen LogP contribution in [0.5, 0.6) is 0 Å². The summed E-state index contributed by atoms with van der Waals surface area (Å²) in [6.45, 7) is 6.48. The Kier molecular flexibility index (Phi) is 4.05. The molecule has 0 radical (unpaired) electrons. The normalized spacial score (nSPS) is 37.7. The van der Waals surface area contributed by atoms with E-state index in [1.807, 2.05) is 4.90 Å². The summed E-state index contributed by atoms with van der Waals surface area (Å²) in [7, 11) is 0. The highest BCUT2D eigenvalue weighted by Crippen LogP contribution is 2.30. The van der Waals surface area contributed by atoms with Gasteiger partial charge in [-0.05, 0) is 38.6 Å². The van der Waals surface area contributed by atoms with Gasteiger partial charge >= 0.3 is 0 Å². The highest BCUT2D eigenvalue weighted by molar-refractivity contribution is 5.80. The SMILES string of the molecule is CCC1OCCC1C(=O)N1CC(CN)CC1C. The molecular formula is C13H24N2O2. The summed E-state index contributed by atoms with van der Waals surface area (Å²) in [6.07, 6.45) is 2.99. The van der Waals surface area contributed by atoms with E-state index in [1.54, 1.807) is 0 Å². The van der Waals surface area contributed by atoms with Gasteiger partial charge in [-0.15, -0.1) is 0 Å². The second-order valence-corrected chi connectivity index (χ2v) is 5.39. The largest absolute Gasteiger partial charge is 0.377 e. The van der Waals surface area contributed by atoms with E-state index in [1.165, 1.54) is 0 Å². The van der Waals surface area contributed by atoms with Gasteiger partial charge in [0, 0.05) is 19.2 Å². The Morgan fingerprint density at radius 3 is 2.88 bits per heavy atom. The van der Waals surface area contributed by atoms with Crippen LogP contribution in [0.1, 0.15) is 33.1 Å². The molecule has 0 bridgehead atoms. The highest BCUT2D eigenvalue weighted by Gasteiger charge is 2.40. The number of rotatable bonds is 3. The number of carbonyl (C=O) groups excluding carboxylic acids is 1. The third-order valence-electron chi connectivity index (χ3n) is 4.21. The van der Waals surface area contributed by atoms with Crippen LogP contribution in [-0.4, -0.2) is 42.6 Å². The molecule has 0 aromatic carbocycles. The van der Waals surface area contributed by atoms with Crippen molar-refractivity contribution in [3.8, 4) is 0 Å². The standard InChI is InChI=1S/C13H24N2O2/c1-3-12-11(4-5-17-12)13(16)15-8-10(7-14)6-9(15)2/h9-12H,3-8,14H2,1-2H3. The quantitative estimate of drug-likeness (QED) is 0.800. The minimum Gasteiger partial charge on any atom is -0.377 e. The molecule has 2 fully saturated rings. The van der Waals surface area contributed by atoms with Crippen LogP contribution in [0.4, 0.5) is 0 Å². The summed E-state index contributed by atoms with van der Waals surface area (Å²) in [6, 6.07) is 0.342. The summed E-state index contributed by atoms with van der Waals surface area (Å²) < 4.78 is 5.61. The molecule has 17 heavy (non-hydrogen) atoms. The summed E-state index contributed by atoms with van der Waals surface area (Å²) >= 11 is 0. The molecule has 98 valence electrons. The van der Waals surface area contributed by atoms with Gasteiger partial charge in [-0.3, -0.25) is 4.79 Å². The molecule has 0 saturated carbocycles. The van der Waals surface area contributed by atoms with E-state index >= 15 is 0 Å². The van der Waals surface area contributed by atoms with E-state index in [0.717, 1.165) is 32.4 Å². The van der Waals surface area contributed by atoms with E-state index in [-0.39, 0.29) is 17.9 Å². The first-order valence-corrected chi connectivity index (χ1v) is 6.79. The molecule has 2 rings (SSSR count). The highest BCUT2D eigenvalue weighted by atomic mass is 16.5. The molecule has 2 N–H and O–H groups in total. The molecular weight excluding hydrogens is 216 g/mol. The zero-order chi connectivity index (χ0) is 12.4. The van der Waals surface area contributed by atoms with E-state index in [0.29, 0.717) is 18.5 Å². The number of nitrogens with two attached hydrogens (primary N) is 1. The van der Waals surface area contributed by atoms with Gasteiger partial charge in [-0.2, -0.15) is 0 Å². The third kappa shape index (κ3) is 2.47. The number of amides is 1. The maximum absolute atomic E-state index is 12.5. The molecule has 0 aromatic heterocycles. The van der Waals surface area contributed by atoms with Crippen molar-refractivity contribution in [2.75, 3.05) is 19.7 Å². The van der Waals surface area contributed by atoms with Crippen molar-refractivity contribution in [1.82, 2.24) is 4.90 Å². The zero-order valence-electron chi connectivity index (χ0n) is 10.9. The predicted molar refractivity (Wildman–Crippen MR) is 66.5 cm³/mol. The van der Waals surface area contributed by atoms with E-state index in [4.69, 9.17) is 10.5 Å².